The smallest absolute Gasteiger partial charge is 0.407 e. The highest BCUT2D eigenvalue weighted by Gasteiger charge is 2.24. The maximum absolute atomic E-state index is 11.2. The van der Waals surface area contributed by atoms with Crippen molar-refractivity contribution in [1.29, 1.82) is 0 Å². The summed E-state index contributed by atoms with van der Waals surface area (Å²) in [5.41, 5.74) is 0. The van der Waals surface area contributed by atoms with E-state index in [4.69, 9.17) is 43.4 Å². The van der Waals surface area contributed by atoms with E-state index in [1.165, 1.54) is 12.1 Å². The number of ether oxygens (including phenoxy) is 2. The van der Waals surface area contributed by atoms with E-state index < -0.39 is 21.2 Å². The van der Waals surface area contributed by atoms with Crippen LogP contribution in [-0.2, 0) is 13.8 Å². The van der Waals surface area contributed by atoms with Gasteiger partial charge >= 0.3 is 6.09 Å². The summed E-state index contributed by atoms with van der Waals surface area (Å²) in [5, 5.41) is 2.16. The number of cyclic esters (lactones) is 1. The third-order valence-corrected chi connectivity index (χ3v) is 4.79. The average Bonchev–Trinajstić information content (AvgIpc) is 2.75. The van der Waals surface area contributed by atoms with Crippen LogP contribution in [0, 0.1) is 0 Å². The van der Waals surface area contributed by atoms with Crippen molar-refractivity contribution in [1.82, 2.24) is 5.32 Å². The van der Waals surface area contributed by atoms with Crippen LogP contribution in [0.15, 0.2) is 17.0 Å². The van der Waals surface area contributed by atoms with E-state index in [1.807, 2.05) is 0 Å². The predicted molar refractivity (Wildman–Crippen MR) is 73.3 cm³/mol. The average molecular weight is 361 g/mol. The van der Waals surface area contributed by atoms with Crippen molar-refractivity contribution in [2.24, 2.45) is 0 Å². The first-order chi connectivity index (χ1) is 9.29. The van der Waals surface area contributed by atoms with Crippen molar-refractivity contribution in [3.05, 3.63) is 22.2 Å². The standard InChI is InChI=1S/C10H8Cl3NO5S/c11-8-6(18-4-5-3-14-10(15)19-5)1-2-7(9(8)12)20(13,16)17/h1-2,5H,3-4H2,(H,14,15). The van der Waals surface area contributed by atoms with Crippen LogP contribution in [-0.4, -0.2) is 33.8 Å². The number of rotatable bonds is 4. The summed E-state index contributed by atoms with van der Waals surface area (Å²) in [5.74, 6) is 0.170. The molecule has 20 heavy (non-hydrogen) atoms. The maximum Gasteiger partial charge on any atom is 0.407 e. The minimum atomic E-state index is -3.99. The Bertz CT molecular complexity index is 649. The van der Waals surface area contributed by atoms with E-state index in [0.717, 1.165) is 0 Å². The molecule has 1 aliphatic rings. The van der Waals surface area contributed by atoms with Crippen molar-refractivity contribution >= 4 is 49.0 Å². The SMILES string of the molecule is O=C1NCC(COc2ccc(S(=O)(=O)Cl)c(Cl)c2Cl)O1. The summed E-state index contributed by atoms with van der Waals surface area (Å²) < 4.78 is 32.7. The number of benzene rings is 1. The zero-order chi connectivity index (χ0) is 14.9. The van der Waals surface area contributed by atoms with Gasteiger partial charge in [0.15, 0.2) is 6.10 Å². The van der Waals surface area contributed by atoms with Crippen LogP contribution in [0.1, 0.15) is 0 Å². The molecule has 0 aromatic heterocycles. The fourth-order valence-corrected chi connectivity index (χ4v) is 3.31. The molecule has 0 spiro atoms. The summed E-state index contributed by atoms with van der Waals surface area (Å²) in [6.07, 6.45) is -0.972. The van der Waals surface area contributed by atoms with Crippen molar-refractivity contribution in [3.63, 3.8) is 0 Å². The summed E-state index contributed by atoms with van der Waals surface area (Å²) in [7, 11) is 1.22. The Hall–Kier alpha value is -0.890. The fourth-order valence-electron chi connectivity index (χ4n) is 1.52. The van der Waals surface area contributed by atoms with Gasteiger partial charge < -0.3 is 14.8 Å². The van der Waals surface area contributed by atoms with Crippen LogP contribution in [0.2, 0.25) is 10.0 Å². The van der Waals surface area contributed by atoms with Gasteiger partial charge in [0, 0.05) is 10.7 Å². The second-order valence-corrected chi connectivity index (χ2v) is 7.14. The molecule has 1 aromatic carbocycles. The Labute approximate surface area is 129 Å². The van der Waals surface area contributed by atoms with Crippen molar-refractivity contribution < 1.29 is 22.7 Å². The summed E-state index contributed by atoms with van der Waals surface area (Å²) in [4.78, 5) is 10.5. The second-order valence-electron chi connectivity index (χ2n) is 3.85. The molecule has 10 heteroatoms. The zero-order valence-corrected chi connectivity index (χ0v) is 12.8. The molecule has 110 valence electrons. The monoisotopic (exact) mass is 359 g/mol. The molecule has 1 aromatic rings. The summed E-state index contributed by atoms with van der Waals surface area (Å²) >= 11 is 11.7. The first kappa shape index (κ1) is 15.5. The topological polar surface area (TPSA) is 81.7 Å². The highest BCUT2D eigenvalue weighted by Crippen LogP contribution is 2.38. The van der Waals surface area contributed by atoms with E-state index in [-0.39, 0.29) is 27.3 Å². The van der Waals surface area contributed by atoms with Gasteiger partial charge in [-0.05, 0) is 12.1 Å². The molecule has 1 N–H and O–H groups in total. The number of amides is 1. The number of alkyl carbamates (subject to hydrolysis) is 1. The Morgan fingerprint density at radius 3 is 2.60 bits per heavy atom. The van der Waals surface area contributed by atoms with E-state index >= 15 is 0 Å². The molecule has 1 aliphatic heterocycles. The van der Waals surface area contributed by atoms with E-state index in [9.17, 15) is 13.2 Å². The van der Waals surface area contributed by atoms with Crippen LogP contribution in [0.4, 0.5) is 4.79 Å². The van der Waals surface area contributed by atoms with E-state index in [0.29, 0.717) is 6.54 Å². The number of halogens is 3. The molecule has 6 nitrogen and oxygen atoms in total. The van der Waals surface area contributed by atoms with Crippen molar-refractivity contribution in [3.8, 4) is 5.75 Å². The second kappa shape index (κ2) is 5.85. The van der Waals surface area contributed by atoms with Gasteiger partial charge in [-0.2, -0.15) is 0 Å². The third-order valence-electron chi connectivity index (χ3n) is 2.45. The number of nitrogens with one attached hydrogen (secondary N) is 1. The fraction of sp³-hybridized carbons (Fsp3) is 0.300. The molecule has 1 heterocycles. The van der Waals surface area contributed by atoms with Gasteiger partial charge in [-0.15, -0.1) is 0 Å². The summed E-state index contributed by atoms with van der Waals surface area (Å²) in [6, 6.07) is 2.51. The van der Waals surface area contributed by atoms with Crippen molar-refractivity contribution in [2.75, 3.05) is 13.2 Å². The number of carbonyl (C=O) groups is 1. The molecule has 2 rings (SSSR count). The zero-order valence-electron chi connectivity index (χ0n) is 9.73. The number of carbonyl (C=O) groups excluding carboxylic acids is 1. The lowest BCUT2D eigenvalue weighted by Crippen LogP contribution is -2.22. The van der Waals surface area contributed by atoms with Crippen LogP contribution in [0.5, 0.6) is 5.75 Å². The Morgan fingerprint density at radius 2 is 2.05 bits per heavy atom. The van der Waals surface area contributed by atoms with Gasteiger partial charge in [0.05, 0.1) is 11.6 Å². The number of hydrogen-bond acceptors (Lipinski definition) is 5. The Balaban J connectivity index is 2.14. The molecule has 0 radical (unpaired) electrons. The van der Waals surface area contributed by atoms with Crippen molar-refractivity contribution in [2.45, 2.75) is 11.0 Å². The lowest BCUT2D eigenvalue weighted by Gasteiger charge is -2.13. The lowest BCUT2D eigenvalue weighted by molar-refractivity contribution is 0.105. The van der Waals surface area contributed by atoms with Crippen LogP contribution < -0.4 is 10.1 Å². The molecule has 0 aliphatic carbocycles. The van der Waals surface area contributed by atoms with Gasteiger partial charge in [-0.3, -0.25) is 0 Å². The molecule has 1 unspecified atom stereocenters. The van der Waals surface area contributed by atoms with Gasteiger partial charge in [0.1, 0.15) is 22.3 Å². The van der Waals surface area contributed by atoms with Gasteiger partial charge in [-0.25, -0.2) is 13.2 Å². The minimum absolute atomic E-state index is 0.0573. The molecule has 0 saturated carbocycles. The maximum atomic E-state index is 11.2. The molecule has 1 saturated heterocycles. The van der Waals surface area contributed by atoms with E-state index in [2.05, 4.69) is 5.32 Å². The predicted octanol–water partition coefficient (Wildman–Crippen LogP) is 2.41. The molecule has 1 fully saturated rings. The van der Waals surface area contributed by atoms with Gasteiger partial charge in [0.2, 0.25) is 0 Å². The lowest BCUT2D eigenvalue weighted by atomic mass is 10.3. The normalized spacial score (nSPS) is 18.6. The quantitative estimate of drug-likeness (QED) is 0.834. The summed E-state index contributed by atoms with van der Waals surface area (Å²) in [6.45, 7) is 0.375. The molecule has 1 amide bonds. The third kappa shape index (κ3) is 3.41. The Morgan fingerprint density at radius 1 is 1.35 bits per heavy atom. The number of hydrogen-bond donors (Lipinski definition) is 1. The van der Waals surface area contributed by atoms with Gasteiger partial charge in [0.25, 0.3) is 9.05 Å². The highest BCUT2D eigenvalue weighted by molar-refractivity contribution is 8.13. The van der Waals surface area contributed by atoms with E-state index in [1.54, 1.807) is 0 Å². The highest BCUT2D eigenvalue weighted by atomic mass is 35.7. The first-order valence-electron chi connectivity index (χ1n) is 5.29. The largest absolute Gasteiger partial charge is 0.488 e. The van der Waals surface area contributed by atoms with Crippen LogP contribution >= 0.6 is 33.9 Å². The van der Waals surface area contributed by atoms with Crippen LogP contribution in [0.3, 0.4) is 0 Å². The van der Waals surface area contributed by atoms with Crippen LogP contribution in [0.25, 0.3) is 0 Å². The van der Waals surface area contributed by atoms with Gasteiger partial charge in [-0.1, -0.05) is 23.2 Å². The Kier molecular flexibility index (Phi) is 4.53. The molecular weight excluding hydrogens is 353 g/mol. The first-order valence-corrected chi connectivity index (χ1v) is 8.35. The minimum Gasteiger partial charge on any atom is -0.488 e. The molecule has 0 bridgehead atoms. The molecule has 1 atom stereocenters. The molecular formula is C10H8Cl3NO5S.